The van der Waals surface area contributed by atoms with E-state index in [4.69, 9.17) is 10.5 Å². The third-order valence-electron chi connectivity index (χ3n) is 3.39. The molecular weight excluding hydrogens is 254 g/mol. The van der Waals surface area contributed by atoms with E-state index >= 15 is 0 Å². The number of nitrogens with two attached hydrogens (primary N) is 1. The Bertz CT molecular complexity index is 591. The largest absolute Gasteiger partial charge is 0.476 e. The van der Waals surface area contributed by atoms with Crippen LogP contribution < -0.4 is 15.8 Å². The smallest absolute Gasteiger partial charge is 0.239 e. The minimum Gasteiger partial charge on any atom is -0.476 e. The summed E-state index contributed by atoms with van der Waals surface area (Å²) in [7, 11) is 1.96. The number of imidazole rings is 1. The first-order chi connectivity index (χ1) is 9.72. The van der Waals surface area contributed by atoms with Crippen LogP contribution in [0.1, 0.15) is 18.7 Å². The van der Waals surface area contributed by atoms with Crippen LogP contribution in [-0.2, 0) is 13.6 Å². The fraction of sp³-hybridized carbons (Fsp3) is 0.429. The van der Waals surface area contributed by atoms with Crippen LogP contribution in [0.2, 0.25) is 0 Å². The van der Waals surface area contributed by atoms with Crippen LogP contribution in [0.3, 0.4) is 0 Å². The Kier molecular flexibility index (Phi) is 3.45. The van der Waals surface area contributed by atoms with Gasteiger partial charge in [-0.15, -0.1) is 0 Å². The number of nitrogens with zero attached hydrogens (tertiary/aromatic N) is 3. The zero-order valence-corrected chi connectivity index (χ0v) is 11.5. The topological polar surface area (TPSA) is 78.0 Å². The summed E-state index contributed by atoms with van der Waals surface area (Å²) in [4.78, 5) is 8.66. The predicted molar refractivity (Wildman–Crippen MR) is 77.4 cm³/mol. The highest BCUT2D eigenvalue weighted by Gasteiger charge is 2.22. The SMILES string of the molecule is Cn1ccnc1CNc1ccc(N)c(OCC2CC2)n1. The molecule has 0 spiro atoms. The summed E-state index contributed by atoms with van der Waals surface area (Å²) in [6.07, 6.45) is 6.18. The molecule has 1 aliphatic carbocycles. The second kappa shape index (κ2) is 5.40. The molecule has 0 bridgehead atoms. The molecule has 20 heavy (non-hydrogen) atoms. The number of rotatable bonds is 6. The van der Waals surface area contributed by atoms with Gasteiger partial charge in [0.25, 0.3) is 0 Å². The maximum atomic E-state index is 5.88. The Morgan fingerprint density at radius 2 is 2.30 bits per heavy atom. The van der Waals surface area contributed by atoms with Crippen LogP contribution >= 0.6 is 0 Å². The summed E-state index contributed by atoms with van der Waals surface area (Å²) in [5, 5.41) is 3.23. The lowest BCUT2D eigenvalue weighted by atomic mass is 10.4. The Balaban J connectivity index is 1.63. The minimum absolute atomic E-state index is 0.516. The molecule has 0 radical (unpaired) electrons. The first kappa shape index (κ1) is 12.8. The van der Waals surface area contributed by atoms with Crippen molar-refractivity contribution < 1.29 is 4.74 Å². The van der Waals surface area contributed by atoms with Crippen LogP contribution in [0, 0.1) is 5.92 Å². The molecule has 0 saturated heterocycles. The lowest BCUT2D eigenvalue weighted by Gasteiger charge is -2.10. The van der Waals surface area contributed by atoms with Gasteiger partial charge in [-0.2, -0.15) is 4.98 Å². The molecule has 0 atom stereocenters. The summed E-state index contributed by atoms with van der Waals surface area (Å²) in [6.45, 7) is 1.32. The van der Waals surface area contributed by atoms with Gasteiger partial charge in [0.05, 0.1) is 18.8 Å². The van der Waals surface area contributed by atoms with Crippen molar-refractivity contribution in [1.82, 2.24) is 14.5 Å². The summed E-state index contributed by atoms with van der Waals surface area (Å²) >= 11 is 0. The number of pyridine rings is 1. The highest BCUT2D eigenvalue weighted by atomic mass is 16.5. The molecule has 0 aliphatic heterocycles. The van der Waals surface area contributed by atoms with E-state index in [-0.39, 0.29) is 0 Å². The zero-order valence-electron chi connectivity index (χ0n) is 11.5. The fourth-order valence-electron chi connectivity index (χ4n) is 1.88. The van der Waals surface area contributed by atoms with Gasteiger partial charge in [0, 0.05) is 19.4 Å². The first-order valence-corrected chi connectivity index (χ1v) is 6.82. The molecule has 2 aromatic heterocycles. The number of nitrogens with one attached hydrogen (secondary N) is 1. The molecule has 6 nitrogen and oxygen atoms in total. The Morgan fingerprint density at radius 3 is 3.00 bits per heavy atom. The molecule has 2 heterocycles. The summed E-state index contributed by atoms with van der Waals surface area (Å²) in [5.74, 6) is 2.89. The Labute approximate surface area is 118 Å². The van der Waals surface area contributed by atoms with Gasteiger partial charge >= 0.3 is 0 Å². The van der Waals surface area contributed by atoms with Crippen molar-refractivity contribution in [2.45, 2.75) is 19.4 Å². The van der Waals surface area contributed by atoms with E-state index in [2.05, 4.69) is 15.3 Å². The van der Waals surface area contributed by atoms with Gasteiger partial charge in [-0.25, -0.2) is 4.98 Å². The van der Waals surface area contributed by atoms with Gasteiger partial charge in [-0.1, -0.05) is 0 Å². The average Bonchev–Trinajstić information content (AvgIpc) is 3.18. The van der Waals surface area contributed by atoms with Crippen LogP contribution in [0.5, 0.6) is 5.88 Å². The van der Waals surface area contributed by atoms with Gasteiger partial charge in [-0.05, 0) is 30.9 Å². The summed E-state index contributed by atoms with van der Waals surface area (Å²) < 4.78 is 7.63. The normalized spacial score (nSPS) is 14.2. The summed E-state index contributed by atoms with van der Waals surface area (Å²) in [6, 6.07) is 3.66. The van der Waals surface area contributed by atoms with Crippen molar-refractivity contribution >= 4 is 11.5 Å². The van der Waals surface area contributed by atoms with Crippen LogP contribution in [0.15, 0.2) is 24.5 Å². The average molecular weight is 273 g/mol. The maximum absolute atomic E-state index is 5.88. The quantitative estimate of drug-likeness (QED) is 0.839. The van der Waals surface area contributed by atoms with Crippen LogP contribution in [0.25, 0.3) is 0 Å². The monoisotopic (exact) mass is 273 g/mol. The van der Waals surface area contributed by atoms with Gasteiger partial charge in [-0.3, -0.25) is 0 Å². The van der Waals surface area contributed by atoms with Crippen molar-refractivity contribution in [2.75, 3.05) is 17.7 Å². The Morgan fingerprint density at radius 1 is 1.45 bits per heavy atom. The second-order valence-corrected chi connectivity index (χ2v) is 5.15. The number of aromatic nitrogens is 3. The van der Waals surface area contributed by atoms with E-state index < -0.39 is 0 Å². The molecule has 3 N–H and O–H groups in total. The zero-order chi connectivity index (χ0) is 13.9. The van der Waals surface area contributed by atoms with Crippen molar-refractivity contribution in [3.8, 4) is 5.88 Å². The van der Waals surface area contributed by atoms with E-state index in [0.717, 1.165) is 11.6 Å². The minimum atomic E-state index is 0.516. The van der Waals surface area contributed by atoms with Crippen molar-refractivity contribution in [2.24, 2.45) is 13.0 Å². The molecule has 106 valence electrons. The first-order valence-electron chi connectivity index (χ1n) is 6.82. The molecule has 2 aromatic rings. The van der Waals surface area contributed by atoms with Crippen LogP contribution in [-0.4, -0.2) is 21.1 Å². The third-order valence-corrected chi connectivity index (χ3v) is 3.39. The number of anilines is 2. The van der Waals surface area contributed by atoms with Gasteiger partial charge in [0.15, 0.2) is 0 Å². The summed E-state index contributed by atoms with van der Waals surface area (Å²) in [5.41, 5.74) is 6.46. The van der Waals surface area contributed by atoms with E-state index in [1.54, 1.807) is 6.20 Å². The van der Waals surface area contributed by atoms with E-state index in [1.807, 2.05) is 29.9 Å². The Hall–Kier alpha value is -2.24. The number of nitrogen functional groups attached to an aromatic ring is 1. The molecule has 0 unspecified atom stereocenters. The molecule has 1 aliphatic rings. The van der Waals surface area contributed by atoms with E-state index in [0.29, 0.717) is 30.6 Å². The van der Waals surface area contributed by atoms with Crippen LogP contribution in [0.4, 0.5) is 11.5 Å². The predicted octanol–water partition coefficient (Wildman–Crippen LogP) is 1.80. The van der Waals surface area contributed by atoms with E-state index in [1.165, 1.54) is 12.8 Å². The van der Waals surface area contributed by atoms with E-state index in [9.17, 15) is 0 Å². The molecule has 6 heteroatoms. The lowest BCUT2D eigenvalue weighted by molar-refractivity contribution is 0.290. The third kappa shape index (κ3) is 3.01. The second-order valence-electron chi connectivity index (χ2n) is 5.15. The molecule has 1 saturated carbocycles. The fourth-order valence-corrected chi connectivity index (χ4v) is 1.88. The number of ether oxygens (including phenoxy) is 1. The molecule has 0 amide bonds. The lowest BCUT2D eigenvalue weighted by Crippen LogP contribution is -2.09. The number of hydrogen-bond acceptors (Lipinski definition) is 5. The molecular formula is C14H19N5O. The highest BCUT2D eigenvalue weighted by molar-refractivity contribution is 5.53. The molecule has 3 rings (SSSR count). The van der Waals surface area contributed by atoms with Crippen molar-refractivity contribution in [3.63, 3.8) is 0 Å². The molecule has 0 aromatic carbocycles. The van der Waals surface area contributed by atoms with Crippen molar-refractivity contribution in [1.29, 1.82) is 0 Å². The highest BCUT2D eigenvalue weighted by Crippen LogP contribution is 2.30. The standard InChI is InChI=1S/C14H19N5O/c1-19-7-6-16-13(19)8-17-12-5-4-11(15)14(18-12)20-9-10-2-3-10/h4-7,10H,2-3,8-9,15H2,1H3,(H,17,18). The number of hydrogen-bond donors (Lipinski definition) is 2. The maximum Gasteiger partial charge on any atom is 0.239 e. The molecule has 1 fully saturated rings. The number of aryl methyl sites for hydroxylation is 1. The van der Waals surface area contributed by atoms with Crippen molar-refractivity contribution in [3.05, 3.63) is 30.4 Å². The van der Waals surface area contributed by atoms with Gasteiger partial charge in [0.1, 0.15) is 11.6 Å². The van der Waals surface area contributed by atoms with Gasteiger partial charge in [0.2, 0.25) is 5.88 Å². The van der Waals surface area contributed by atoms with Gasteiger partial charge < -0.3 is 20.4 Å².